The van der Waals surface area contributed by atoms with Crippen molar-refractivity contribution >= 4 is 34.4 Å². The summed E-state index contributed by atoms with van der Waals surface area (Å²) in [6.45, 7) is 6.97. The number of carboxylic acid groups (broad SMARTS) is 3. The van der Waals surface area contributed by atoms with E-state index < -0.39 is 36.0 Å². The van der Waals surface area contributed by atoms with Crippen LogP contribution in [0.4, 0.5) is 0 Å². The van der Waals surface area contributed by atoms with Crippen molar-refractivity contribution in [1.29, 1.82) is 0 Å². The molecule has 2 heterocycles. The lowest BCUT2D eigenvalue weighted by Crippen LogP contribution is -2.44. The quantitative estimate of drug-likeness (QED) is 0.302. The zero-order valence-corrected chi connectivity index (χ0v) is 19.9. The Kier molecular flexibility index (Phi) is 9.96. The fourth-order valence-electron chi connectivity index (χ4n) is 4.13. The predicted octanol–water partition coefficient (Wildman–Crippen LogP) is 0.615. The third-order valence-corrected chi connectivity index (χ3v) is 5.89. The number of likely N-dealkylation sites (N-methyl/N-ethyl adjacent to an activating group) is 1. The maximum atomic E-state index is 11.3. The van der Waals surface area contributed by atoms with Crippen LogP contribution in [-0.4, -0.2) is 98.3 Å². The molecule has 1 aromatic heterocycles. The van der Waals surface area contributed by atoms with Gasteiger partial charge in [-0.2, -0.15) is 0 Å². The Hall–Kier alpha value is -3.25. The number of carbonyl (C=O) groups is 3. The Morgan fingerprint density at radius 2 is 1.69 bits per heavy atom. The van der Waals surface area contributed by atoms with Gasteiger partial charge in [0.1, 0.15) is 0 Å². The lowest BCUT2D eigenvalue weighted by molar-refractivity contribution is -0.165. The number of fused-ring (bicyclic) bond motifs is 2. The molecule has 1 aliphatic carbocycles. The largest absolute Gasteiger partial charge is 0.481 e. The van der Waals surface area contributed by atoms with Crippen LogP contribution in [0.1, 0.15) is 25.0 Å². The molecule has 2 aliphatic rings. The van der Waals surface area contributed by atoms with Gasteiger partial charge in [-0.1, -0.05) is 32.1 Å². The molecule has 0 saturated heterocycles. The van der Waals surface area contributed by atoms with Gasteiger partial charge in [0.15, 0.2) is 12.2 Å². The summed E-state index contributed by atoms with van der Waals surface area (Å²) >= 11 is 0. The molecule has 0 fully saturated rings. The summed E-state index contributed by atoms with van der Waals surface area (Å²) in [5, 5.41) is 46.2. The zero-order chi connectivity index (χ0) is 26.3. The standard InChI is InChI=1S/C16H16N2O2.C4H11N.C4H6O6/c1-18-8-10(16(19)20)5-12-11-3-2-4-13-15(11)9(7-17-13)6-14(12)18;1-3-5-4-2;5-1(3(7)8)2(6)4(9)10/h2-5,7,10,14,17H,6,8H2,1H3,(H,19,20);5H,3-4H2,1-2H3;1-2,5-6H,(H,7,8)(H,9,10)/t10-,14-;;/m1../s1. The minimum absolute atomic E-state index is 0.291. The normalized spacial score (nSPS) is 20.2. The molecule has 4 atom stereocenters. The van der Waals surface area contributed by atoms with Crippen molar-refractivity contribution in [2.45, 2.75) is 38.5 Å². The first-order chi connectivity index (χ1) is 16.5. The zero-order valence-electron chi connectivity index (χ0n) is 19.9. The maximum Gasteiger partial charge on any atom is 0.335 e. The van der Waals surface area contributed by atoms with E-state index in [-0.39, 0.29) is 0 Å². The third kappa shape index (κ3) is 6.67. The van der Waals surface area contributed by atoms with Gasteiger partial charge >= 0.3 is 17.9 Å². The summed E-state index contributed by atoms with van der Waals surface area (Å²) in [7, 11) is 2.02. The van der Waals surface area contributed by atoms with E-state index in [1.165, 1.54) is 22.1 Å². The number of hydrogen-bond donors (Lipinski definition) is 7. The van der Waals surface area contributed by atoms with E-state index in [2.05, 4.69) is 47.4 Å². The Balaban J connectivity index is 0.000000243. The number of nitrogens with one attached hydrogen (secondary N) is 2. The van der Waals surface area contributed by atoms with Gasteiger partial charge in [0.25, 0.3) is 0 Å². The van der Waals surface area contributed by atoms with Crippen LogP contribution < -0.4 is 5.32 Å². The number of aliphatic hydroxyl groups excluding tert-OH is 2. The van der Waals surface area contributed by atoms with Crippen molar-refractivity contribution in [2.75, 3.05) is 26.7 Å². The number of aliphatic carboxylic acids is 3. The SMILES string of the molecule is CCNCC.CN1C[C@H](C(=O)O)C=C2c3cccc4[nH]cc(c34)C[C@H]21.O=C(O)C(O)C(O)C(=O)O. The molecule has 11 nitrogen and oxygen atoms in total. The van der Waals surface area contributed by atoms with Crippen LogP contribution in [0.3, 0.4) is 0 Å². The molecule has 0 spiro atoms. The first-order valence-electron chi connectivity index (χ1n) is 11.3. The third-order valence-electron chi connectivity index (χ3n) is 5.89. The summed E-state index contributed by atoms with van der Waals surface area (Å²) in [5.41, 5.74) is 4.83. The van der Waals surface area contributed by atoms with Crippen LogP contribution in [-0.2, 0) is 20.8 Å². The van der Waals surface area contributed by atoms with Crippen LogP contribution in [0.5, 0.6) is 0 Å². The molecule has 1 aliphatic heterocycles. The van der Waals surface area contributed by atoms with Crippen LogP contribution in [0.15, 0.2) is 30.5 Å². The second-order valence-electron chi connectivity index (χ2n) is 8.29. The number of H-pyrrole nitrogens is 1. The number of nitrogens with zero attached hydrogens (tertiary/aromatic N) is 1. The minimum Gasteiger partial charge on any atom is -0.481 e. The van der Waals surface area contributed by atoms with E-state index in [0.29, 0.717) is 12.6 Å². The second-order valence-corrected chi connectivity index (χ2v) is 8.29. The summed E-state index contributed by atoms with van der Waals surface area (Å²) in [5.74, 6) is -4.69. The molecule has 1 aromatic carbocycles. The van der Waals surface area contributed by atoms with Crippen molar-refractivity contribution in [3.8, 4) is 0 Å². The molecular weight excluding hydrogens is 458 g/mol. The molecular formula is C24H33N3O8. The topological polar surface area (TPSA) is 183 Å². The molecule has 0 saturated carbocycles. The number of hydrogen-bond acceptors (Lipinski definition) is 7. The Morgan fingerprint density at radius 1 is 1.09 bits per heavy atom. The highest BCUT2D eigenvalue weighted by Gasteiger charge is 2.35. The summed E-state index contributed by atoms with van der Waals surface area (Å²) in [4.78, 5) is 36.4. The lowest BCUT2D eigenvalue weighted by Gasteiger charge is -2.38. The molecule has 35 heavy (non-hydrogen) atoms. The van der Waals surface area contributed by atoms with E-state index in [0.717, 1.165) is 25.0 Å². The van der Waals surface area contributed by atoms with Crippen molar-refractivity contribution < 1.29 is 39.9 Å². The Bertz CT molecular complexity index is 1060. The highest BCUT2D eigenvalue weighted by atomic mass is 16.4. The van der Waals surface area contributed by atoms with Crippen LogP contribution in [0.25, 0.3) is 16.5 Å². The lowest BCUT2D eigenvalue weighted by atomic mass is 9.80. The van der Waals surface area contributed by atoms with Crippen molar-refractivity contribution in [3.63, 3.8) is 0 Å². The molecule has 0 radical (unpaired) electrons. The fraction of sp³-hybridized carbons (Fsp3) is 0.458. The Morgan fingerprint density at radius 3 is 2.17 bits per heavy atom. The van der Waals surface area contributed by atoms with E-state index >= 15 is 0 Å². The van der Waals surface area contributed by atoms with Gasteiger partial charge in [0.2, 0.25) is 0 Å². The molecule has 2 unspecified atom stereocenters. The van der Waals surface area contributed by atoms with Gasteiger partial charge < -0.3 is 35.8 Å². The van der Waals surface area contributed by atoms with Crippen LogP contribution in [0, 0.1) is 5.92 Å². The van der Waals surface area contributed by atoms with Gasteiger partial charge in [-0.25, -0.2) is 9.59 Å². The monoisotopic (exact) mass is 491 g/mol. The van der Waals surface area contributed by atoms with E-state index in [9.17, 15) is 19.5 Å². The van der Waals surface area contributed by atoms with Gasteiger partial charge in [0.05, 0.1) is 5.92 Å². The maximum absolute atomic E-state index is 11.3. The molecule has 0 bridgehead atoms. The number of rotatable bonds is 6. The van der Waals surface area contributed by atoms with E-state index in [4.69, 9.17) is 20.4 Å². The average Bonchev–Trinajstić information content (AvgIpc) is 3.24. The van der Waals surface area contributed by atoms with E-state index in [1.54, 1.807) is 0 Å². The first kappa shape index (κ1) is 28.0. The molecule has 4 rings (SSSR count). The van der Waals surface area contributed by atoms with Crippen molar-refractivity contribution in [3.05, 3.63) is 41.6 Å². The average molecular weight is 492 g/mol. The summed E-state index contributed by atoms with van der Waals surface area (Å²) in [6.07, 6.45) is 0.459. The fourth-order valence-corrected chi connectivity index (χ4v) is 4.13. The highest BCUT2D eigenvalue weighted by Crippen LogP contribution is 2.40. The van der Waals surface area contributed by atoms with Gasteiger partial charge in [-0.05, 0) is 49.3 Å². The van der Waals surface area contributed by atoms with Gasteiger partial charge in [0, 0.05) is 29.7 Å². The Labute approximate surface area is 202 Å². The van der Waals surface area contributed by atoms with Gasteiger partial charge in [-0.15, -0.1) is 0 Å². The van der Waals surface area contributed by atoms with E-state index in [1.807, 2.05) is 19.2 Å². The van der Waals surface area contributed by atoms with Gasteiger partial charge in [-0.3, -0.25) is 9.69 Å². The molecule has 7 N–H and O–H groups in total. The van der Waals surface area contributed by atoms with Crippen LogP contribution in [0.2, 0.25) is 0 Å². The number of aromatic nitrogens is 1. The number of aromatic amines is 1. The minimum atomic E-state index is -2.27. The molecule has 2 aromatic rings. The molecule has 192 valence electrons. The number of carboxylic acids is 3. The van der Waals surface area contributed by atoms with Crippen LogP contribution >= 0.6 is 0 Å². The molecule has 0 amide bonds. The number of benzene rings is 1. The first-order valence-corrected chi connectivity index (χ1v) is 11.3. The molecule has 11 heteroatoms. The van der Waals surface area contributed by atoms with Crippen molar-refractivity contribution in [1.82, 2.24) is 15.2 Å². The summed E-state index contributed by atoms with van der Waals surface area (Å²) in [6, 6.07) is 6.51. The summed E-state index contributed by atoms with van der Waals surface area (Å²) < 4.78 is 0. The predicted molar refractivity (Wildman–Crippen MR) is 129 cm³/mol. The smallest absolute Gasteiger partial charge is 0.335 e. The highest BCUT2D eigenvalue weighted by molar-refractivity contribution is 5.99. The van der Waals surface area contributed by atoms with Crippen molar-refractivity contribution in [2.24, 2.45) is 5.92 Å². The number of aliphatic hydroxyl groups is 2. The second kappa shape index (κ2) is 12.5.